The molecule has 4 nitrogen and oxygen atoms in total. The molecular formula is C7H8N2O2. The molecule has 0 aliphatic heterocycles. The zero-order chi connectivity index (χ0) is 8.27. The average Bonchev–Trinajstić information content (AvgIpc) is 2.36. The molecule has 0 unspecified atom stereocenters. The Kier molecular flexibility index (Phi) is 2.02. The monoisotopic (exact) mass is 152 g/mol. The lowest BCUT2D eigenvalue weighted by molar-refractivity contribution is 0.392. The smallest absolute Gasteiger partial charge is 0.356 e. The number of aromatic nitrogens is 1. The number of nitrogens with zero attached hydrogens (tertiary/aromatic N) is 1. The fraction of sp³-hybridized carbons (Fsp3) is 0.286. The molecule has 4 heteroatoms. The molecule has 1 aromatic rings. The van der Waals surface area contributed by atoms with Gasteiger partial charge in [0.1, 0.15) is 5.69 Å². The third-order valence-corrected chi connectivity index (χ3v) is 1.30. The Morgan fingerprint density at radius 1 is 1.91 bits per heavy atom. The highest BCUT2D eigenvalue weighted by molar-refractivity contribution is 5.40. The number of hydrogen-bond acceptors (Lipinski definition) is 3. The first-order valence-corrected chi connectivity index (χ1v) is 3.07. The van der Waals surface area contributed by atoms with Crippen molar-refractivity contribution in [3.05, 3.63) is 16.6 Å². The van der Waals surface area contributed by atoms with Crippen molar-refractivity contribution in [3.63, 3.8) is 0 Å². The van der Waals surface area contributed by atoms with Crippen LogP contribution in [0.3, 0.4) is 0 Å². The molecule has 0 amide bonds. The van der Waals surface area contributed by atoms with E-state index in [9.17, 15) is 4.79 Å². The van der Waals surface area contributed by atoms with Crippen molar-refractivity contribution in [2.75, 3.05) is 18.5 Å². The van der Waals surface area contributed by atoms with Crippen LogP contribution in [-0.2, 0) is 0 Å². The molecule has 1 aromatic heterocycles. The van der Waals surface area contributed by atoms with Gasteiger partial charge in [-0.15, -0.1) is 6.42 Å². The zero-order valence-electron chi connectivity index (χ0n) is 6.13. The molecule has 0 spiro atoms. The number of H-pyrrole nitrogens is 1. The van der Waals surface area contributed by atoms with Crippen LogP contribution >= 0.6 is 0 Å². The summed E-state index contributed by atoms with van der Waals surface area (Å²) < 4.78 is 4.44. The van der Waals surface area contributed by atoms with E-state index in [0.717, 1.165) is 0 Å². The molecule has 0 aliphatic rings. The van der Waals surface area contributed by atoms with E-state index in [1.165, 1.54) is 6.20 Å². The average molecular weight is 152 g/mol. The van der Waals surface area contributed by atoms with Gasteiger partial charge in [-0.3, -0.25) is 0 Å². The van der Waals surface area contributed by atoms with Crippen molar-refractivity contribution in [1.29, 1.82) is 0 Å². The van der Waals surface area contributed by atoms with Crippen LogP contribution in [-0.4, -0.2) is 18.7 Å². The van der Waals surface area contributed by atoms with E-state index in [-0.39, 0.29) is 0 Å². The summed E-state index contributed by atoms with van der Waals surface area (Å²) >= 11 is 0. The van der Waals surface area contributed by atoms with Crippen LogP contribution in [0.1, 0.15) is 0 Å². The van der Waals surface area contributed by atoms with Crippen molar-refractivity contribution in [1.82, 2.24) is 5.16 Å². The van der Waals surface area contributed by atoms with Crippen molar-refractivity contribution < 1.29 is 4.52 Å². The van der Waals surface area contributed by atoms with E-state index in [2.05, 4.69) is 15.6 Å². The van der Waals surface area contributed by atoms with E-state index in [0.29, 0.717) is 12.2 Å². The Hall–Kier alpha value is -1.63. The van der Waals surface area contributed by atoms with E-state index in [4.69, 9.17) is 6.42 Å². The van der Waals surface area contributed by atoms with Crippen molar-refractivity contribution in [3.8, 4) is 12.3 Å². The van der Waals surface area contributed by atoms with Crippen LogP contribution in [0.2, 0.25) is 0 Å². The first-order chi connectivity index (χ1) is 5.25. The van der Waals surface area contributed by atoms with Gasteiger partial charge in [0.15, 0.2) is 0 Å². The van der Waals surface area contributed by atoms with Crippen LogP contribution in [0.5, 0.6) is 0 Å². The van der Waals surface area contributed by atoms with Crippen LogP contribution < -0.4 is 10.5 Å². The maximum atomic E-state index is 10.8. The number of rotatable bonds is 2. The number of hydrogen-bond donors (Lipinski definition) is 1. The highest BCUT2D eigenvalue weighted by Gasteiger charge is 2.05. The Labute approximate surface area is 63.8 Å². The zero-order valence-corrected chi connectivity index (χ0v) is 6.13. The molecular weight excluding hydrogens is 144 g/mol. The summed E-state index contributed by atoms with van der Waals surface area (Å²) in [6, 6.07) is 0. The number of aromatic amines is 1. The molecule has 0 saturated heterocycles. The van der Waals surface area contributed by atoms with E-state index in [1.54, 1.807) is 11.9 Å². The first kappa shape index (κ1) is 7.48. The normalized spacial score (nSPS) is 9.09. The van der Waals surface area contributed by atoms with Crippen LogP contribution in [0, 0.1) is 12.3 Å². The van der Waals surface area contributed by atoms with Gasteiger partial charge in [-0.1, -0.05) is 5.92 Å². The van der Waals surface area contributed by atoms with Crippen LogP contribution in [0.15, 0.2) is 15.5 Å². The predicted molar refractivity (Wildman–Crippen MR) is 41.4 cm³/mol. The molecule has 0 saturated carbocycles. The second-order valence-corrected chi connectivity index (χ2v) is 2.10. The third kappa shape index (κ3) is 1.44. The maximum Gasteiger partial charge on any atom is 0.380 e. The Morgan fingerprint density at radius 3 is 3.09 bits per heavy atom. The molecule has 58 valence electrons. The minimum atomic E-state index is -0.400. The van der Waals surface area contributed by atoms with Gasteiger partial charge in [-0.05, 0) is 0 Å². The number of anilines is 1. The predicted octanol–water partition coefficient (Wildman–Crippen LogP) is 0.0373. The standard InChI is InChI=1S/C7H8N2O2/c1-3-4-9(2)6-5-8-11-7(6)10/h1,5,8H,4H2,2H3. The second kappa shape index (κ2) is 2.97. The Bertz CT molecular complexity index is 318. The summed E-state index contributed by atoms with van der Waals surface area (Å²) in [4.78, 5) is 12.5. The molecule has 1 heterocycles. The third-order valence-electron chi connectivity index (χ3n) is 1.30. The molecule has 0 atom stereocenters. The summed E-state index contributed by atoms with van der Waals surface area (Å²) in [6.45, 7) is 0.391. The largest absolute Gasteiger partial charge is 0.380 e. The van der Waals surface area contributed by atoms with Crippen molar-refractivity contribution in [2.24, 2.45) is 0 Å². The van der Waals surface area contributed by atoms with Gasteiger partial charge in [-0.2, -0.15) is 0 Å². The van der Waals surface area contributed by atoms with Crippen molar-refractivity contribution in [2.45, 2.75) is 0 Å². The van der Waals surface area contributed by atoms with Crippen LogP contribution in [0.4, 0.5) is 5.69 Å². The second-order valence-electron chi connectivity index (χ2n) is 2.10. The van der Waals surface area contributed by atoms with Gasteiger partial charge in [0.25, 0.3) is 0 Å². The molecule has 0 bridgehead atoms. The van der Waals surface area contributed by atoms with Gasteiger partial charge >= 0.3 is 5.63 Å². The highest BCUT2D eigenvalue weighted by Crippen LogP contribution is 2.01. The summed E-state index contributed by atoms with van der Waals surface area (Å²) in [7, 11) is 1.72. The summed E-state index contributed by atoms with van der Waals surface area (Å²) in [5, 5.41) is 2.34. The lowest BCUT2D eigenvalue weighted by Crippen LogP contribution is -2.21. The quantitative estimate of drug-likeness (QED) is 0.608. The van der Waals surface area contributed by atoms with Gasteiger partial charge in [0.05, 0.1) is 12.7 Å². The first-order valence-electron chi connectivity index (χ1n) is 3.07. The lowest BCUT2D eigenvalue weighted by atomic mass is 10.5. The Morgan fingerprint density at radius 2 is 2.64 bits per heavy atom. The van der Waals surface area contributed by atoms with Crippen LogP contribution in [0.25, 0.3) is 0 Å². The molecule has 1 rings (SSSR count). The number of nitrogens with one attached hydrogen (secondary N) is 1. The van der Waals surface area contributed by atoms with E-state index in [1.807, 2.05) is 0 Å². The fourth-order valence-electron chi connectivity index (χ4n) is 0.738. The topological polar surface area (TPSA) is 49.2 Å². The minimum absolute atomic E-state index is 0.391. The highest BCUT2D eigenvalue weighted by atomic mass is 16.5. The van der Waals surface area contributed by atoms with Gasteiger partial charge in [-0.25, -0.2) is 9.95 Å². The van der Waals surface area contributed by atoms with Gasteiger partial charge < -0.3 is 9.42 Å². The van der Waals surface area contributed by atoms with E-state index >= 15 is 0 Å². The Balaban J connectivity index is 2.86. The molecule has 0 aliphatic carbocycles. The molecule has 0 radical (unpaired) electrons. The fourth-order valence-corrected chi connectivity index (χ4v) is 0.738. The number of terminal acetylenes is 1. The van der Waals surface area contributed by atoms with Gasteiger partial charge in [0, 0.05) is 7.05 Å². The summed E-state index contributed by atoms with van der Waals surface area (Å²) in [5.41, 5.74) is 0.0469. The molecule has 11 heavy (non-hydrogen) atoms. The molecule has 1 N–H and O–H groups in total. The summed E-state index contributed by atoms with van der Waals surface area (Å²) in [5.74, 6) is 2.41. The lowest BCUT2D eigenvalue weighted by Gasteiger charge is -2.09. The molecule has 0 fully saturated rings. The van der Waals surface area contributed by atoms with Gasteiger partial charge in [0.2, 0.25) is 0 Å². The SMILES string of the molecule is C#CCN(C)c1c[nH]oc1=O. The minimum Gasteiger partial charge on any atom is -0.356 e. The maximum absolute atomic E-state index is 10.8. The molecule has 0 aromatic carbocycles. The van der Waals surface area contributed by atoms with E-state index < -0.39 is 5.63 Å². The summed E-state index contributed by atoms with van der Waals surface area (Å²) in [6.07, 6.45) is 6.52. The van der Waals surface area contributed by atoms with Crippen molar-refractivity contribution >= 4 is 5.69 Å².